The van der Waals surface area contributed by atoms with Gasteiger partial charge in [-0.3, -0.25) is 9.59 Å². The van der Waals surface area contributed by atoms with E-state index in [1.165, 1.54) is 15.3 Å². The number of hydrogen-bond acceptors (Lipinski definition) is 4. The zero-order valence-corrected chi connectivity index (χ0v) is 19.2. The van der Waals surface area contributed by atoms with E-state index in [-0.39, 0.29) is 11.6 Å². The van der Waals surface area contributed by atoms with Crippen LogP contribution >= 0.6 is 92.2 Å². The van der Waals surface area contributed by atoms with Crippen LogP contribution in [0.15, 0.2) is 18.6 Å². The molecule has 0 radical (unpaired) electrons. The minimum atomic E-state index is -1.94. The molecule has 0 atom stereocenters. The highest BCUT2D eigenvalue weighted by Crippen LogP contribution is 2.30. The number of carbonyl (C=O) groups excluding carboxylic acids is 2. The average Bonchev–Trinajstić information content (AvgIpc) is 3.01. The number of rotatable bonds is 2. The highest BCUT2D eigenvalue weighted by Gasteiger charge is 2.35. The first-order valence-electron chi connectivity index (χ1n) is 6.14. The molecule has 25 heavy (non-hydrogen) atoms. The molecule has 2 aromatic heterocycles. The van der Waals surface area contributed by atoms with Crippen molar-refractivity contribution in [3.63, 3.8) is 0 Å². The minimum Gasteiger partial charge on any atom is -0.331 e. The largest absolute Gasteiger partial charge is 0.331 e. The number of hydrogen-bond donors (Lipinski definition) is 0. The molecule has 2 rings (SSSR count). The first-order valence-corrected chi connectivity index (χ1v) is 9.49. The zero-order valence-electron chi connectivity index (χ0n) is 12.5. The van der Waals surface area contributed by atoms with Gasteiger partial charge in [-0.1, -0.05) is 69.6 Å². The number of carbonyl (C=O) groups is 2. The second kappa shape index (κ2) is 8.95. The molecular formula is C12H9Cl6IN4O2. The van der Waals surface area contributed by atoms with E-state index in [2.05, 4.69) is 9.97 Å². The molecule has 2 heterocycles. The number of ketones is 2. The molecule has 0 aromatic carbocycles. The van der Waals surface area contributed by atoms with E-state index in [0.717, 1.165) is 0 Å². The molecule has 0 amide bonds. The lowest BCUT2D eigenvalue weighted by atomic mass is 10.4. The predicted octanol–water partition coefficient (Wildman–Crippen LogP) is 4.55. The van der Waals surface area contributed by atoms with Crippen molar-refractivity contribution >= 4 is 104 Å². The van der Waals surface area contributed by atoms with Crippen molar-refractivity contribution in [2.24, 2.45) is 14.1 Å². The Morgan fingerprint density at radius 3 is 1.76 bits per heavy atom. The van der Waals surface area contributed by atoms with Gasteiger partial charge in [0.15, 0.2) is 11.6 Å². The number of Topliss-reactive ketones (excluding diaryl/α,β-unsaturated/α-hetero) is 2. The van der Waals surface area contributed by atoms with Gasteiger partial charge in [0.25, 0.3) is 7.59 Å². The molecule has 0 saturated carbocycles. The summed E-state index contributed by atoms with van der Waals surface area (Å²) in [6.07, 6.45) is 4.73. The van der Waals surface area contributed by atoms with Crippen LogP contribution in [-0.4, -0.2) is 38.3 Å². The molecule has 6 nitrogen and oxygen atoms in total. The lowest BCUT2D eigenvalue weighted by Gasteiger charge is -2.07. The van der Waals surface area contributed by atoms with Crippen molar-refractivity contribution in [2.75, 3.05) is 0 Å². The number of nitrogens with zero attached hydrogens (tertiary/aromatic N) is 4. The molecule has 2 aromatic rings. The molecule has 0 saturated heterocycles. The summed E-state index contributed by atoms with van der Waals surface area (Å²) >= 11 is 34.4. The second-order valence-corrected chi connectivity index (χ2v) is 10.2. The number of imidazole rings is 2. The van der Waals surface area contributed by atoms with Crippen molar-refractivity contribution in [1.29, 1.82) is 0 Å². The second-order valence-electron chi connectivity index (χ2n) is 4.51. The lowest BCUT2D eigenvalue weighted by molar-refractivity contribution is 0.0976. The Morgan fingerprint density at radius 2 is 1.44 bits per heavy atom. The molecule has 0 bridgehead atoms. The summed E-state index contributed by atoms with van der Waals surface area (Å²) in [5.41, 5.74) is 0. The lowest BCUT2D eigenvalue weighted by Crippen LogP contribution is -2.22. The zero-order chi connectivity index (χ0) is 19.6. The summed E-state index contributed by atoms with van der Waals surface area (Å²) < 4.78 is -0.185. The number of aromatic nitrogens is 4. The molecule has 0 N–H and O–H groups in total. The summed E-state index contributed by atoms with van der Waals surface area (Å²) in [4.78, 5) is 30.4. The summed E-state index contributed by atoms with van der Waals surface area (Å²) in [5.74, 6) is -0.970. The van der Waals surface area contributed by atoms with Gasteiger partial charge < -0.3 is 9.13 Å². The third-order valence-corrected chi connectivity index (χ3v) is 4.14. The number of halogens is 7. The Bertz CT molecular complexity index is 777. The van der Waals surface area contributed by atoms with Gasteiger partial charge in [-0.15, -0.1) is 0 Å². The molecular weight excluding hydrogens is 572 g/mol. The van der Waals surface area contributed by atoms with E-state index >= 15 is 0 Å². The van der Waals surface area contributed by atoms with Crippen molar-refractivity contribution in [3.05, 3.63) is 33.9 Å². The van der Waals surface area contributed by atoms with E-state index in [4.69, 9.17) is 69.6 Å². The van der Waals surface area contributed by atoms with Crippen LogP contribution in [0.2, 0.25) is 0 Å². The maximum atomic E-state index is 11.4. The third kappa shape index (κ3) is 6.71. The van der Waals surface area contributed by atoms with Gasteiger partial charge in [0.1, 0.15) is 3.70 Å². The highest BCUT2D eigenvalue weighted by atomic mass is 127. The molecule has 13 heteroatoms. The normalized spacial score (nSPS) is 11.7. The fourth-order valence-electron chi connectivity index (χ4n) is 1.48. The van der Waals surface area contributed by atoms with Crippen LogP contribution < -0.4 is 0 Å². The molecule has 0 fully saturated rings. The summed E-state index contributed by atoms with van der Waals surface area (Å²) in [7, 11) is 3.31. The van der Waals surface area contributed by atoms with Gasteiger partial charge in [0, 0.05) is 32.7 Å². The molecule has 0 aliphatic heterocycles. The number of alkyl halides is 6. The quantitative estimate of drug-likeness (QED) is 0.297. The van der Waals surface area contributed by atoms with Gasteiger partial charge >= 0.3 is 0 Å². The SMILES string of the molecule is Cn1cc(I)nc1C(=O)C(Cl)(Cl)Cl.Cn1ccnc1C(=O)C(Cl)(Cl)Cl. The Hall–Kier alpha value is 0.230. The van der Waals surface area contributed by atoms with Gasteiger partial charge in [-0.2, -0.15) is 0 Å². The van der Waals surface area contributed by atoms with Crippen LogP contribution in [0.3, 0.4) is 0 Å². The monoisotopic (exact) mass is 578 g/mol. The van der Waals surface area contributed by atoms with Crippen molar-refractivity contribution in [3.8, 4) is 0 Å². The van der Waals surface area contributed by atoms with Crippen LogP contribution in [0.1, 0.15) is 21.2 Å². The van der Waals surface area contributed by atoms with Crippen LogP contribution in [-0.2, 0) is 14.1 Å². The predicted molar refractivity (Wildman–Crippen MR) is 108 cm³/mol. The van der Waals surface area contributed by atoms with Gasteiger partial charge in [-0.05, 0) is 22.6 Å². The maximum Gasteiger partial charge on any atom is 0.256 e. The van der Waals surface area contributed by atoms with Gasteiger partial charge in [-0.25, -0.2) is 9.97 Å². The number of aryl methyl sites for hydroxylation is 2. The van der Waals surface area contributed by atoms with Gasteiger partial charge in [0.2, 0.25) is 11.6 Å². The van der Waals surface area contributed by atoms with Gasteiger partial charge in [0.05, 0.1) is 0 Å². The highest BCUT2D eigenvalue weighted by molar-refractivity contribution is 14.1. The topological polar surface area (TPSA) is 69.8 Å². The van der Waals surface area contributed by atoms with Crippen LogP contribution in [0.5, 0.6) is 0 Å². The maximum absolute atomic E-state index is 11.4. The first-order chi connectivity index (χ1) is 11.2. The Balaban J connectivity index is 0.000000251. The first kappa shape index (κ1) is 23.3. The molecule has 138 valence electrons. The Labute approximate surface area is 186 Å². The van der Waals surface area contributed by atoms with E-state index < -0.39 is 19.2 Å². The molecule has 0 unspecified atom stereocenters. The van der Waals surface area contributed by atoms with Crippen molar-refractivity contribution < 1.29 is 9.59 Å². The summed E-state index contributed by atoms with van der Waals surface area (Å²) in [6.45, 7) is 0. The van der Waals surface area contributed by atoms with Crippen molar-refractivity contribution in [2.45, 2.75) is 7.59 Å². The van der Waals surface area contributed by atoms with Crippen LogP contribution in [0, 0.1) is 3.70 Å². The van der Waals surface area contributed by atoms with E-state index in [1.807, 2.05) is 22.6 Å². The fraction of sp³-hybridized carbons (Fsp3) is 0.333. The van der Waals surface area contributed by atoms with Crippen LogP contribution in [0.4, 0.5) is 0 Å². The standard InChI is InChI=1S/C6H4Cl3IN2O.C6H5Cl3N2O/c1-12-2-3(10)11-5(12)4(13)6(7,8)9;1-11-3-2-10-5(11)4(12)6(7,8)9/h2H,1H3;2-3H,1H3. The Morgan fingerprint density at radius 1 is 0.960 bits per heavy atom. The fourth-order valence-corrected chi connectivity index (χ4v) is 2.63. The molecule has 0 aliphatic rings. The smallest absolute Gasteiger partial charge is 0.256 e. The minimum absolute atomic E-state index is 0.134. The third-order valence-electron chi connectivity index (χ3n) is 2.59. The van der Waals surface area contributed by atoms with E-state index in [1.54, 1.807) is 26.5 Å². The summed E-state index contributed by atoms with van der Waals surface area (Å²) in [6, 6.07) is 0. The van der Waals surface area contributed by atoms with E-state index in [9.17, 15) is 9.59 Å². The molecule has 0 aliphatic carbocycles. The Kier molecular flexibility index (Phi) is 8.33. The van der Waals surface area contributed by atoms with E-state index in [0.29, 0.717) is 3.70 Å². The van der Waals surface area contributed by atoms with Crippen molar-refractivity contribution in [1.82, 2.24) is 19.1 Å². The average molecular weight is 581 g/mol. The summed E-state index contributed by atoms with van der Waals surface area (Å²) in [5, 5.41) is 0. The van der Waals surface area contributed by atoms with Crippen LogP contribution in [0.25, 0.3) is 0 Å². The molecule has 0 spiro atoms.